The Hall–Kier alpha value is -2.27. The first kappa shape index (κ1) is 21.4. The third-order valence-electron chi connectivity index (χ3n) is 4.29. The maximum atomic E-state index is 12.9. The van der Waals surface area contributed by atoms with Crippen molar-refractivity contribution < 1.29 is 18.0 Å². The highest BCUT2D eigenvalue weighted by molar-refractivity contribution is 8.01. The van der Waals surface area contributed by atoms with Crippen molar-refractivity contribution in [2.45, 2.75) is 10.5 Å². The minimum absolute atomic E-state index is 0.0190. The number of nitrogens with zero attached hydrogens (tertiary/aromatic N) is 4. The van der Waals surface area contributed by atoms with E-state index in [1.54, 1.807) is 17.0 Å². The molecular weight excluding hydrogens is 423 g/mol. The highest BCUT2D eigenvalue weighted by Crippen LogP contribution is 2.32. The summed E-state index contributed by atoms with van der Waals surface area (Å²) in [5, 5.41) is 11.7. The molecule has 156 valence electrons. The number of alkyl halides is 3. The predicted molar refractivity (Wildman–Crippen MR) is 110 cm³/mol. The van der Waals surface area contributed by atoms with Crippen molar-refractivity contribution in [3.8, 4) is 0 Å². The largest absolute Gasteiger partial charge is 0.416 e. The lowest BCUT2D eigenvalue weighted by molar-refractivity contribution is -0.137. The zero-order chi connectivity index (χ0) is 20.9. The van der Waals surface area contributed by atoms with Gasteiger partial charge in [0.2, 0.25) is 11.0 Å². The third-order valence-corrected chi connectivity index (χ3v) is 6.29. The highest BCUT2D eigenvalue weighted by Gasteiger charge is 2.31. The van der Waals surface area contributed by atoms with Crippen LogP contribution in [0.3, 0.4) is 0 Å². The zero-order valence-corrected chi connectivity index (χ0v) is 17.1. The first-order chi connectivity index (χ1) is 13.9. The Morgan fingerprint density at radius 1 is 1.28 bits per heavy atom. The van der Waals surface area contributed by atoms with Gasteiger partial charge in [0, 0.05) is 38.4 Å². The van der Waals surface area contributed by atoms with Crippen molar-refractivity contribution in [3.05, 3.63) is 42.5 Å². The first-order valence-electron chi connectivity index (χ1n) is 8.88. The van der Waals surface area contributed by atoms with E-state index in [0.717, 1.165) is 12.1 Å². The molecule has 11 heteroatoms. The number of rotatable bonds is 7. The number of benzene rings is 1. The summed E-state index contributed by atoms with van der Waals surface area (Å²) in [6.45, 7) is 6.13. The molecule has 0 unspecified atom stereocenters. The number of anilines is 2. The number of hydrogen-bond donors (Lipinski definition) is 1. The van der Waals surface area contributed by atoms with Crippen LogP contribution in [-0.4, -0.2) is 59.5 Å². The smallest absolute Gasteiger partial charge is 0.368 e. The molecule has 0 spiro atoms. The molecule has 0 bridgehead atoms. The van der Waals surface area contributed by atoms with Crippen LogP contribution in [0.5, 0.6) is 0 Å². The second-order valence-corrected chi connectivity index (χ2v) is 8.45. The molecule has 1 aliphatic rings. The monoisotopic (exact) mass is 443 g/mol. The van der Waals surface area contributed by atoms with Crippen LogP contribution in [0.1, 0.15) is 5.56 Å². The molecule has 29 heavy (non-hydrogen) atoms. The molecule has 0 radical (unpaired) electrons. The molecule has 1 saturated heterocycles. The fourth-order valence-electron chi connectivity index (χ4n) is 2.81. The zero-order valence-electron chi connectivity index (χ0n) is 15.5. The maximum Gasteiger partial charge on any atom is 0.416 e. The average Bonchev–Trinajstić information content (AvgIpc) is 3.18. The summed E-state index contributed by atoms with van der Waals surface area (Å²) >= 11 is 2.70. The van der Waals surface area contributed by atoms with Crippen LogP contribution in [-0.2, 0) is 11.0 Å². The van der Waals surface area contributed by atoms with Crippen LogP contribution in [0, 0.1) is 0 Å². The minimum atomic E-state index is -4.36. The summed E-state index contributed by atoms with van der Waals surface area (Å²) in [6, 6.07) is 5.29. The number of halogens is 3. The summed E-state index contributed by atoms with van der Waals surface area (Å²) in [5.74, 6) is 0.231. The number of carbonyl (C=O) groups excluding carboxylic acids is 1. The number of amides is 1. The van der Waals surface area contributed by atoms with Gasteiger partial charge in [-0.15, -0.1) is 16.8 Å². The number of piperazine rings is 1. The van der Waals surface area contributed by atoms with Gasteiger partial charge in [0.05, 0.1) is 11.3 Å². The van der Waals surface area contributed by atoms with Crippen LogP contribution < -0.4 is 10.2 Å². The van der Waals surface area contributed by atoms with E-state index in [0.29, 0.717) is 47.9 Å². The van der Waals surface area contributed by atoms with Crippen LogP contribution in [0.4, 0.5) is 24.0 Å². The standard InChI is InChI=1S/C18H20F3N5OS2/c1-2-6-22-16-23-24-17(29-16)28-12-15(27)26-9-7-25(8-10-26)14-5-3-4-13(11-14)18(19,20)21/h2-5,11H,1,6-10,12H2,(H,22,23). The van der Waals surface area contributed by atoms with E-state index in [4.69, 9.17) is 0 Å². The quantitative estimate of drug-likeness (QED) is 0.521. The maximum absolute atomic E-state index is 12.9. The molecule has 1 N–H and O–H groups in total. The Morgan fingerprint density at radius 2 is 2.03 bits per heavy atom. The molecular formula is C18H20F3N5OS2. The Labute approximate surface area is 174 Å². The second-order valence-electron chi connectivity index (χ2n) is 6.25. The number of nitrogens with one attached hydrogen (secondary N) is 1. The van der Waals surface area contributed by atoms with Crippen molar-refractivity contribution in [3.63, 3.8) is 0 Å². The van der Waals surface area contributed by atoms with Gasteiger partial charge in [-0.1, -0.05) is 35.2 Å². The topological polar surface area (TPSA) is 61.4 Å². The molecule has 2 heterocycles. The summed E-state index contributed by atoms with van der Waals surface area (Å²) in [6.07, 6.45) is -2.65. The van der Waals surface area contributed by atoms with Crippen LogP contribution in [0.15, 0.2) is 41.3 Å². The minimum Gasteiger partial charge on any atom is -0.368 e. The fourth-order valence-corrected chi connectivity index (χ4v) is 4.47. The summed E-state index contributed by atoms with van der Waals surface area (Å²) in [7, 11) is 0. The van der Waals surface area contributed by atoms with Gasteiger partial charge in [-0.2, -0.15) is 13.2 Å². The molecule has 0 saturated carbocycles. The number of aromatic nitrogens is 2. The van der Waals surface area contributed by atoms with Crippen LogP contribution in [0.2, 0.25) is 0 Å². The van der Waals surface area contributed by atoms with E-state index in [1.165, 1.54) is 29.2 Å². The predicted octanol–water partition coefficient (Wildman–Crippen LogP) is 3.60. The Balaban J connectivity index is 1.48. The van der Waals surface area contributed by atoms with E-state index in [1.807, 2.05) is 4.90 Å². The second kappa shape index (κ2) is 9.49. The van der Waals surface area contributed by atoms with Gasteiger partial charge < -0.3 is 15.1 Å². The Bertz CT molecular complexity index is 850. The van der Waals surface area contributed by atoms with Gasteiger partial charge in [-0.3, -0.25) is 4.79 Å². The van der Waals surface area contributed by atoms with E-state index in [-0.39, 0.29) is 11.7 Å². The molecule has 0 aliphatic carbocycles. The van der Waals surface area contributed by atoms with Crippen molar-refractivity contribution in [1.29, 1.82) is 0 Å². The highest BCUT2D eigenvalue weighted by atomic mass is 32.2. The SMILES string of the molecule is C=CCNc1nnc(SCC(=O)N2CCN(c3cccc(C(F)(F)F)c3)CC2)s1. The molecule has 3 rings (SSSR count). The molecule has 1 aromatic heterocycles. The number of hydrogen-bond acceptors (Lipinski definition) is 7. The third kappa shape index (κ3) is 5.86. The number of thioether (sulfide) groups is 1. The van der Waals surface area contributed by atoms with Crippen molar-refractivity contribution in [2.24, 2.45) is 0 Å². The lowest BCUT2D eigenvalue weighted by Gasteiger charge is -2.36. The van der Waals surface area contributed by atoms with E-state index < -0.39 is 11.7 Å². The van der Waals surface area contributed by atoms with Crippen molar-refractivity contribution in [1.82, 2.24) is 15.1 Å². The van der Waals surface area contributed by atoms with E-state index in [2.05, 4.69) is 22.1 Å². The van der Waals surface area contributed by atoms with Crippen LogP contribution >= 0.6 is 23.1 Å². The van der Waals surface area contributed by atoms with Gasteiger partial charge in [-0.25, -0.2) is 0 Å². The molecule has 1 aromatic carbocycles. The molecule has 6 nitrogen and oxygen atoms in total. The van der Waals surface area contributed by atoms with E-state index >= 15 is 0 Å². The van der Waals surface area contributed by atoms with Gasteiger partial charge in [-0.05, 0) is 18.2 Å². The van der Waals surface area contributed by atoms with Gasteiger partial charge in [0.1, 0.15) is 0 Å². The van der Waals surface area contributed by atoms with Gasteiger partial charge in [0.25, 0.3) is 0 Å². The molecule has 1 aliphatic heterocycles. The van der Waals surface area contributed by atoms with Gasteiger partial charge in [0.15, 0.2) is 4.34 Å². The number of carbonyl (C=O) groups is 1. The lowest BCUT2D eigenvalue weighted by atomic mass is 10.1. The van der Waals surface area contributed by atoms with Crippen molar-refractivity contribution >= 4 is 39.8 Å². The van der Waals surface area contributed by atoms with Gasteiger partial charge >= 0.3 is 6.18 Å². The molecule has 0 atom stereocenters. The fraction of sp³-hybridized carbons (Fsp3) is 0.389. The Kier molecular flexibility index (Phi) is 7.01. The first-order valence-corrected chi connectivity index (χ1v) is 10.7. The van der Waals surface area contributed by atoms with E-state index in [9.17, 15) is 18.0 Å². The average molecular weight is 444 g/mol. The molecule has 1 fully saturated rings. The van der Waals surface area contributed by atoms with Crippen molar-refractivity contribution in [2.75, 3.05) is 48.7 Å². The summed E-state index contributed by atoms with van der Waals surface area (Å²) in [4.78, 5) is 16.0. The summed E-state index contributed by atoms with van der Waals surface area (Å²) in [5.41, 5.74) is -0.140. The van der Waals surface area contributed by atoms with Crippen LogP contribution in [0.25, 0.3) is 0 Å². The lowest BCUT2D eigenvalue weighted by Crippen LogP contribution is -2.49. The Morgan fingerprint density at radius 3 is 2.72 bits per heavy atom. The molecule has 2 aromatic rings. The molecule has 1 amide bonds. The normalized spacial score (nSPS) is 14.7. The summed E-state index contributed by atoms with van der Waals surface area (Å²) < 4.78 is 39.4.